The predicted octanol–water partition coefficient (Wildman–Crippen LogP) is -0.494. The number of carboxylic acids is 1. The average molecular weight is 276 g/mol. The number of ether oxygens (including phenoxy) is 1. The Hall–Kier alpha value is -1.87. The Morgan fingerprint density at radius 1 is 1.50 bits per heavy atom. The number of sulfonamides is 1. The molecule has 0 aromatic carbocycles. The van der Waals surface area contributed by atoms with Crippen molar-refractivity contribution in [3.8, 4) is 0 Å². The van der Waals surface area contributed by atoms with Gasteiger partial charge in [0.05, 0.1) is 7.11 Å². The van der Waals surface area contributed by atoms with E-state index in [-0.39, 0.29) is 10.6 Å². The summed E-state index contributed by atoms with van der Waals surface area (Å²) >= 11 is 0. The molecule has 9 heteroatoms. The molecule has 0 aliphatic heterocycles. The molecule has 100 valence electrons. The highest BCUT2D eigenvalue weighted by atomic mass is 32.2. The lowest BCUT2D eigenvalue weighted by Crippen LogP contribution is -2.32. The van der Waals surface area contributed by atoms with Crippen molar-refractivity contribution in [2.45, 2.75) is 4.90 Å². The Morgan fingerprint density at radius 3 is 2.56 bits per heavy atom. The minimum Gasteiger partial charge on any atom is -0.477 e. The lowest BCUT2D eigenvalue weighted by Gasteiger charge is -2.14. The SMILES string of the molecule is COC(=O)CN(C)S(=O)(=O)c1c[nH]c(C(=O)O)c1. The number of esters is 1. The summed E-state index contributed by atoms with van der Waals surface area (Å²) in [5.41, 5.74) is -0.250. The number of H-pyrrole nitrogens is 1. The van der Waals surface area contributed by atoms with Crippen LogP contribution in [0.25, 0.3) is 0 Å². The largest absolute Gasteiger partial charge is 0.477 e. The fraction of sp³-hybridized carbons (Fsp3) is 0.333. The number of carbonyl (C=O) groups excluding carboxylic acids is 1. The smallest absolute Gasteiger partial charge is 0.352 e. The maximum absolute atomic E-state index is 11.9. The summed E-state index contributed by atoms with van der Waals surface area (Å²) in [6.45, 7) is -0.452. The van der Waals surface area contributed by atoms with Gasteiger partial charge in [0.1, 0.15) is 17.1 Å². The maximum Gasteiger partial charge on any atom is 0.352 e. The van der Waals surface area contributed by atoms with Gasteiger partial charge >= 0.3 is 11.9 Å². The highest BCUT2D eigenvalue weighted by Crippen LogP contribution is 2.15. The molecular formula is C9H12N2O6S. The number of carboxylic acid groups (broad SMARTS) is 1. The maximum atomic E-state index is 11.9. The molecule has 1 aromatic heterocycles. The molecule has 0 aliphatic rings. The molecule has 1 rings (SSSR count). The highest BCUT2D eigenvalue weighted by Gasteiger charge is 2.25. The van der Waals surface area contributed by atoms with E-state index in [2.05, 4.69) is 9.72 Å². The molecule has 18 heavy (non-hydrogen) atoms. The van der Waals surface area contributed by atoms with Gasteiger partial charge in [-0.3, -0.25) is 4.79 Å². The second-order valence-corrected chi connectivity index (χ2v) is 5.44. The molecular weight excluding hydrogens is 264 g/mol. The molecule has 0 amide bonds. The van der Waals surface area contributed by atoms with E-state index in [9.17, 15) is 18.0 Å². The van der Waals surface area contributed by atoms with Crippen molar-refractivity contribution in [3.63, 3.8) is 0 Å². The minimum absolute atomic E-state index is 0.230. The van der Waals surface area contributed by atoms with Crippen molar-refractivity contribution >= 4 is 22.0 Å². The van der Waals surface area contributed by atoms with Crippen molar-refractivity contribution in [1.29, 1.82) is 0 Å². The first-order valence-corrected chi connectivity index (χ1v) is 6.18. The zero-order valence-electron chi connectivity index (χ0n) is 9.71. The van der Waals surface area contributed by atoms with Gasteiger partial charge < -0.3 is 14.8 Å². The van der Waals surface area contributed by atoms with Crippen LogP contribution in [-0.4, -0.2) is 55.5 Å². The summed E-state index contributed by atoms with van der Waals surface area (Å²) in [6, 6.07) is 0.978. The zero-order valence-corrected chi connectivity index (χ0v) is 10.5. The summed E-state index contributed by atoms with van der Waals surface area (Å²) < 4.78 is 29.0. The second kappa shape index (κ2) is 5.19. The Labute approximate surface area is 103 Å². The zero-order chi connectivity index (χ0) is 13.9. The summed E-state index contributed by atoms with van der Waals surface area (Å²) in [4.78, 5) is 23.7. The molecule has 0 radical (unpaired) electrons. The molecule has 0 spiro atoms. The van der Waals surface area contributed by atoms with E-state index < -0.39 is 28.5 Å². The predicted molar refractivity (Wildman–Crippen MR) is 59.6 cm³/mol. The van der Waals surface area contributed by atoms with Gasteiger partial charge in [-0.1, -0.05) is 0 Å². The number of likely N-dealkylation sites (N-methyl/N-ethyl adjacent to an activating group) is 1. The van der Waals surface area contributed by atoms with E-state index in [0.29, 0.717) is 0 Å². The number of nitrogens with one attached hydrogen (secondary N) is 1. The number of rotatable bonds is 5. The van der Waals surface area contributed by atoms with E-state index in [1.807, 2.05) is 0 Å². The van der Waals surface area contributed by atoms with E-state index in [4.69, 9.17) is 5.11 Å². The molecule has 8 nitrogen and oxygen atoms in total. The van der Waals surface area contributed by atoms with E-state index in [1.165, 1.54) is 7.05 Å². The Balaban J connectivity index is 2.98. The van der Waals surface area contributed by atoms with Gasteiger partial charge in [-0.25, -0.2) is 13.2 Å². The number of nitrogens with zero attached hydrogens (tertiary/aromatic N) is 1. The molecule has 1 heterocycles. The Morgan fingerprint density at radius 2 is 2.11 bits per heavy atom. The van der Waals surface area contributed by atoms with Crippen LogP contribution in [0.1, 0.15) is 10.5 Å². The third kappa shape index (κ3) is 2.87. The molecule has 0 unspecified atom stereocenters. The summed E-state index contributed by atoms with van der Waals surface area (Å²) in [6.07, 6.45) is 1.05. The molecule has 0 aliphatic carbocycles. The Bertz CT molecular complexity index is 561. The van der Waals surface area contributed by atoms with Crippen LogP contribution in [0.5, 0.6) is 0 Å². The molecule has 0 bridgehead atoms. The number of aromatic amines is 1. The fourth-order valence-electron chi connectivity index (χ4n) is 1.16. The topological polar surface area (TPSA) is 117 Å². The lowest BCUT2D eigenvalue weighted by atomic mass is 10.4. The normalized spacial score (nSPS) is 11.5. The number of hydrogen-bond donors (Lipinski definition) is 2. The molecule has 0 saturated carbocycles. The first-order valence-electron chi connectivity index (χ1n) is 4.74. The van der Waals surface area contributed by atoms with Gasteiger partial charge in [0.15, 0.2) is 0 Å². The molecule has 0 fully saturated rings. The van der Waals surface area contributed by atoms with Gasteiger partial charge in [0.2, 0.25) is 10.0 Å². The number of hydrogen-bond acceptors (Lipinski definition) is 5. The highest BCUT2D eigenvalue weighted by molar-refractivity contribution is 7.89. The van der Waals surface area contributed by atoms with E-state index >= 15 is 0 Å². The lowest BCUT2D eigenvalue weighted by molar-refractivity contribution is -0.140. The van der Waals surface area contributed by atoms with Crippen molar-refractivity contribution in [3.05, 3.63) is 18.0 Å². The van der Waals surface area contributed by atoms with E-state index in [1.54, 1.807) is 0 Å². The molecule has 1 aromatic rings. The summed E-state index contributed by atoms with van der Waals surface area (Å²) in [5, 5.41) is 8.67. The summed E-state index contributed by atoms with van der Waals surface area (Å²) in [7, 11) is -1.58. The van der Waals surface area contributed by atoms with Crippen LogP contribution >= 0.6 is 0 Å². The fourth-order valence-corrected chi connectivity index (χ4v) is 2.27. The van der Waals surface area contributed by atoms with Crippen LogP contribution in [0.15, 0.2) is 17.2 Å². The van der Waals surface area contributed by atoms with Crippen molar-refractivity contribution in [2.24, 2.45) is 0 Å². The van der Waals surface area contributed by atoms with Crippen LogP contribution in [0.3, 0.4) is 0 Å². The van der Waals surface area contributed by atoms with Gasteiger partial charge in [-0.2, -0.15) is 4.31 Å². The van der Waals surface area contributed by atoms with E-state index in [0.717, 1.165) is 23.7 Å². The summed E-state index contributed by atoms with van der Waals surface area (Å²) in [5.74, 6) is -1.98. The number of aromatic nitrogens is 1. The number of carbonyl (C=O) groups is 2. The van der Waals surface area contributed by atoms with Crippen molar-refractivity contribution in [2.75, 3.05) is 20.7 Å². The standard InChI is InChI=1S/C9H12N2O6S/c1-11(5-8(12)17-2)18(15,16)6-3-7(9(13)14)10-4-6/h3-4,10H,5H2,1-2H3,(H,13,14). The van der Waals surface area contributed by atoms with Gasteiger partial charge in [0.25, 0.3) is 0 Å². The van der Waals surface area contributed by atoms with Crippen LogP contribution in [0.2, 0.25) is 0 Å². The number of aromatic carboxylic acids is 1. The first kappa shape index (κ1) is 14.2. The first-order chi connectivity index (χ1) is 8.28. The third-order valence-electron chi connectivity index (χ3n) is 2.17. The Kier molecular flexibility index (Phi) is 4.09. The molecule has 2 N–H and O–H groups in total. The van der Waals surface area contributed by atoms with Gasteiger partial charge in [0, 0.05) is 13.2 Å². The van der Waals surface area contributed by atoms with Crippen LogP contribution in [0.4, 0.5) is 0 Å². The quantitative estimate of drug-likeness (QED) is 0.701. The van der Waals surface area contributed by atoms with Crippen LogP contribution in [0, 0.1) is 0 Å². The van der Waals surface area contributed by atoms with Crippen molar-refractivity contribution < 1.29 is 27.9 Å². The van der Waals surface area contributed by atoms with Crippen LogP contribution in [-0.2, 0) is 19.6 Å². The third-order valence-corrected chi connectivity index (χ3v) is 3.96. The van der Waals surface area contributed by atoms with Gasteiger partial charge in [-0.05, 0) is 6.07 Å². The van der Waals surface area contributed by atoms with Crippen molar-refractivity contribution in [1.82, 2.24) is 9.29 Å². The van der Waals surface area contributed by atoms with Gasteiger partial charge in [-0.15, -0.1) is 0 Å². The second-order valence-electron chi connectivity index (χ2n) is 3.39. The molecule has 0 saturated heterocycles. The average Bonchev–Trinajstić information content (AvgIpc) is 2.78. The minimum atomic E-state index is -3.92. The number of methoxy groups -OCH3 is 1. The van der Waals surface area contributed by atoms with Crippen LogP contribution < -0.4 is 0 Å². The molecule has 0 atom stereocenters. The monoisotopic (exact) mass is 276 g/mol.